The van der Waals surface area contributed by atoms with Gasteiger partial charge in [0.15, 0.2) is 0 Å². The smallest absolute Gasteiger partial charge is 0.354 e. The predicted molar refractivity (Wildman–Crippen MR) is 142 cm³/mol. The van der Waals surface area contributed by atoms with Crippen LogP contribution in [0.2, 0.25) is 5.02 Å². The van der Waals surface area contributed by atoms with E-state index >= 15 is 0 Å². The van der Waals surface area contributed by atoms with E-state index in [-0.39, 0.29) is 33.8 Å². The number of hydrogen-bond donors (Lipinski definition) is 3. The van der Waals surface area contributed by atoms with E-state index in [0.717, 1.165) is 22.8 Å². The predicted octanol–water partition coefficient (Wildman–Crippen LogP) is 4.45. The van der Waals surface area contributed by atoms with Crippen LogP contribution in [0.4, 0.5) is 10.1 Å². The number of halogens is 2. The van der Waals surface area contributed by atoms with Crippen molar-refractivity contribution in [3.05, 3.63) is 93.5 Å². The normalized spacial score (nSPS) is 14.6. The summed E-state index contributed by atoms with van der Waals surface area (Å²) in [7, 11) is 1.44. The van der Waals surface area contributed by atoms with E-state index in [1.165, 1.54) is 25.4 Å². The number of anilines is 1. The average molecular weight is 539 g/mol. The molecule has 38 heavy (non-hydrogen) atoms. The standard InChI is InChI=1S/C28H28ClFN4O4/c1-16(2)18-6-4-5-7-20(18)28(14-34(15-28)13-17-8-9-23(26(36)37)32-12-17)27(38)33-24-11-22(30)21(29)10-19(24)25(35)31-3/h4-12,16H,13-15H2,1-3H3,(H,31,35)(H,33,38)(H,36,37). The summed E-state index contributed by atoms with van der Waals surface area (Å²) in [5.74, 6) is -2.58. The first-order valence-electron chi connectivity index (χ1n) is 12.1. The van der Waals surface area contributed by atoms with E-state index in [0.29, 0.717) is 19.6 Å². The molecule has 1 aromatic heterocycles. The molecule has 2 heterocycles. The average Bonchev–Trinajstić information content (AvgIpc) is 2.87. The van der Waals surface area contributed by atoms with Crippen LogP contribution < -0.4 is 10.6 Å². The summed E-state index contributed by atoms with van der Waals surface area (Å²) < 4.78 is 14.4. The van der Waals surface area contributed by atoms with Crippen LogP contribution in [0.3, 0.4) is 0 Å². The maximum absolute atomic E-state index is 14.4. The monoisotopic (exact) mass is 538 g/mol. The van der Waals surface area contributed by atoms with Crippen LogP contribution in [-0.4, -0.2) is 52.9 Å². The second kappa shape index (κ2) is 10.9. The van der Waals surface area contributed by atoms with Crippen molar-refractivity contribution in [2.24, 2.45) is 0 Å². The zero-order chi connectivity index (χ0) is 27.6. The van der Waals surface area contributed by atoms with Gasteiger partial charge in [-0.15, -0.1) is 0 Å². The molecule has 2 aromatic carbocycles. The Morgan fingerprint density at radius 1 is 1.16 bits per heavy atom. The summed E-state index contributed by atoms with van der Waals surface area (Å²) in [5, 5.41) is 14.2. The molecule has 0 bridgehead atoms. The number of nitrogens with zero attached hydrogens (tertiary/aromatic N) is 2. The molecular formula is C28H28ClFN4O4. The molecule has 0 aliphatic carbocycles. The topological polar surface area (TPSA) is 112 Å². The van der Waals surface area contributed by atoms with E-state index in [1.807, 2.05) is 24.3 Å². The SMILES string of the molecule is CNC(=O)c1cc(Cl)c(F)cc1NC(=O)C1(c2ccccc2C(C)C)CN(Cc2ccc(C(=O)O)nc2)C1. The summed E-state index contributed by atoms with van der Waals surface area (Å²) in [6.45, 7) is 5.28. The van der Waals surface area contributed by atoms with Crippen molar-refractivity contribution in [1.29, 1.82) is 0 Å². The van der Waals surface area contributed by atoms with Crippen LogP contribution in [-0.2, 0) is 16.8 Å². The minimum absolute atomic E-state index is 0.0320. The molecule has 3 aromatic rings. The molecule has 0 saturated carbocycles. The summed E-state index contributed by atoms with van der Waals surface area (Å²) in [6.07, 6.45) is 1.51. The Morgan fingerprint density at radius 2 is 1.87 bits per heavy atom. The van der Waals surface area contributed by atoms with Gasteiger partial charge in [0.1, 0.15) is 11.5 Å². The fraction of sp³-hybridized carbons (Fsp3) is 0.286. The molecule has 198 valence electrons. The van der Waals surface area contributed by atoms with Crippen molar-refractivity contribution >= 4 is 35.1 Å². The molecule has 3 N–H and O–H groups in total. The van der Waals surface area contributed by atoms with Crippen LogP contribution >= 0.6 is 11.6 Å². The van der Waals surface area contributed by atoms with E-state index in [2.05, 4.69) is 34.4 Å². The van der Waals surface area contributed by atoms with E-state index < -0.39 is 23.1 Å². The van der Waals surface area contributed by atoms with Crippen LogP contribution in [0.1, 0.15) is 57.3 Å². The maximum atomic E-state index is 14.4. The van der Waals surface area contributed by atoms with Gasteiger partial charge in [0.25, 0.3) is 5.91 Å². The van der Waals surface area contributed by atoms with Gasteiger partial charge in [0.05, 0.1) is 21.7 Å². The molecule has 2 amide bonds. The molecule has 0 spiro atoms. The van der Waals surface area contributed by atoms with Crippen LogP contribution in [0.15, 0.2) is 54.7 Å². The minimum atomic E-state index is -1.10. The Morgan fingerprint density at radius 3 is 2.47 bits per heavy atom. The maximum Gasteiger partial charge on any atom is 0.354 e. The van der Waals surface area contributed by atoms with Gasteiger partial charge in [-0.3, -0.25) is 14.5 Å². The molecule has 4 rings (SSSR count). The Kier molecular flexibility index (Phi) is 7.80. The van der Waals surface area contributed by atoms with Gasteiger partial charge in [0, 0.05) is 32.9 Å². The van der Waals surface area contributed by atoms with E-state index in [9.17, 15) is 18.8 Å². The fourth-order valence-corrected chi connectivity index (χ4v) is 4.98. The van der Waals surface area contributed by atoms with Gasteiger partial charge in [-0.1, -0.05) is 55.8 Å². The highest BCUT2D eigenvalue weighted by Gasteiger charge is 2.51. The number of likely N-dealkylation sites (tertiary alicyclic amines) is 1. The van der Waals surface area contributed by atoms with Crippen molar-refractivity contribution in [3.8, 4) is 0 Å². The third kappa shape index (κ3) is 5.25. The van der Waals surface area contributed by atoms with Crippen molar-refractivity contribution in [1.82, 2.24) is 15.2 Å². The quantitative estimate of drug-likeness (QED) is 0.391. The third-order valence-electron chi connectivity index (χ3n) is 6.75. The van der Waals surface area contributed by atoms with Gasteiger partial charge >= 0.3 is 5.97 Å². The molecule has 1 fully saturated rings. The van der Waals surface area contributed by atoms with Gasteiger partial charge in [-0.05, 0) is 40.8 Å². The second-order valence-electron chi connectivity index (χ2n) is 9.67. The number of carbonyl (C=O) groups is 3. The lowest BCUT2D eigenvalue weighted by molar-refractivity contribution is -0.128. The first-order valence-corrected chi connectivity index (χ1v) is 12.5. The van der Waals surface area contributed by atoms with Crippen LogP contribution in [0.5, 0.6) is 0 Å². The summed E-state index contributed by atoms with van der Waals surface area (Å²) >= 11 is 5.91. The van der Waals surface area contributed by atoms with Gasteiger partial charge < -0.3 is 15.7 Å². The minimum Gasteiger partial charge on any atom is -0.477 e. The van der Waals surface area contributed by atoms with E-state index in [1.54, 1.807) is 6.07 Å². The number of aromatic carboxylic acids is 1. The lowest BCUT2D eigenvalue weighted by Crippen LogP contribution is -2.64. The number of hydrogen-bond acceptors (Lipinski definition) is 5. The molecule has 1 saturated heterocycles. The zero-order valence-electron chi connectivity index (χ0n) is 21.2. The van der Waals surface area contributed by atoms with E-state index in [4.69, 9.17) is 16.7 Å². The summed E-state index contributed by atoms with van der Waals surface area (Å²) in [5.41, 5.74) is 1.76. The Balaban J connectivity index is 1.67. The number of pyridine rings is 1. The number of carboxylic acids is 1. The molecule has 0 atom stereocenters. The number of carbonyl (C=O) groups excluding carboxylic acids is 2. The first kappa shape index (κ1) is 27.2. The Bertz CT molecular complexity index is 1390. The highest BCUT2D eigenvalue weighted by molar-refractivity contribution is 6.31. The number of rotatable bonds is 8. The fourth-order valence-electron chi connectivity index (χ4n) is 4.82. The number of aromatic nitrogens is 1. The number of amides is 2. The Labute approximate surface area is 224 Å². The van der Waals surface area contributed by atoms with Crippen molar-refractivity contribution < 1.29 is 23.9 Å². The number of carboxylic acid groups (broad SMARTS) is 1. The zero-order valence-corrected chi connectivity index (χ0v) is 22.0. The lowest BCUT2D eigenvalue weighted by Gasteiger charge is -2.50. The summed E-state index contributed by atoms with van der Waals surface area (Å²) in [6, 6.07) is 13.1. The molecule has 1 aliphatic heterocycles. The van der Waals surface area contributed by atoms with Crippen molar-refractivity contribution in [2.75, 3.05) is 25.5 Å². The van der Waals surface area contributed by atoms with Crippen molar-refractivity contribution in [2.45, 2.75) is 31.7 Å². The Hall–Kier alpha value is -3.82. The number of benzene rings is 2. The number of nitrogens with one attached hydrogen (secondary N) is 2. The lowest BCUT2D eigenvalue weighted by atomic mass is 9.69. The van der Waals surface area contributed by atoms with Crippen molar-refractivity contribution in [3.63, 3.8) is 0 Å². The molecule has 8 nitrogen and oxygen atoms in total. The van der Waals surface area contributed by atoms with Crippen LogP contribution in [0.25, 0.3) is 0 Å². The van der Waals surface area contributed by atoms with Gasteiger partial charge in [-0.2, -0.15) is 0 Å². The molecule has 0 unspecified atom stereocenters. The third-order valence-corrected chi connectivity index (χ3v) is 7.04. The molecular weight excluding hydrogens is 511 g/mol. The molecule has 10 heteroatoms. The molecule has 0 radical (unpaired) electrons. The van der Waals surface area contributed by atoms with Crippen LogP contribution in [0, 0.1) is 5.82 Å². The highest BCUT2D eigenvalue weighted by Crippen LogP contribution is 2.41. The van der Waals surface area contributed by atoms with Gasteiger partial charge in [0.2, 0.25) is 5.91 Å². The molecule has 1 aliphatic rings. The summed E-state index contributed by atoms with van der Waals surface area (Å²) in [4.78, 5) is 43.6. The first-order chi connectivity index (χ1) is 18.1. The van der Waals surface area contributed by atoms with Gasteiger partial charge in [-0.25, -0.2) is 14.2 Å². The highest BCUT2D eigenvalue weighted by atomic mass is 35.5. The second-order valence-corrected chi connectivity index (χ2v) is 10.1. The largest absolute Gasteiger partial charge is 0.477 e.